The van der Waals surface area contributed by atoms with Crippen LogP contribution in [0.3, 0.4) is 0 Å². The lowest BCUT2D eigenvalue weighted by Crippen LogP contribution is -2.53. The van der Waals surface area contributed by atoms with Gasteiger partial charge in [-0.2, -0.15) is 0 Å². The number of carbonyl (C=O) groups is 2. The number of benzene rings is 2. The van der Waals surface area contributed by atoms with Gasteiger partial charge in [0.25, 0.3) is 0 Å². The van der Waals surface area contributed by atoms with Crippen LogP contribution in [0.2, 0.25) is 0 Å². The highest BCUT2D eigenvalue weighted by molar-refractivity contribution is 7.92. The third-order valence-corrected chi connectivity index (χ3v) is 6.98. The van der Waals surface area contributed by atoms with Crippen LogP contribution in [-0.2, 0) is 26.2 Å². The van der Waals surface area contributed by atoms with Crippen LogP contribution in [0, 0.1) is 6.92 Å². The first kappa shape index (κ1) is 28.2. The van der Waals surface area contributed by atoms with Crippen molar-refractivity contribution >= 4 is 27.5 Å². The van der Waals surface area contributed by atoms with E-state index in [0.717, 1.165) is 28.1 Å². The summed E-state index contributed by atoms with van der Waals surface area (Å²) in [5.41, 5.74) is 2.15. The summed E-state index contributed by atoms with van der Waals surface area (Å²) in [6.45, 7) is 7.39. The Morgan fingerprint density at radius 3 is 2.31 bits per heavy atom. The van der Waals surface area contributed by atoms with Crippen molar-refractivity contribution in [3.8, 4) is 5.75 Å². The Hall–Kier alpha value is -3.07. The zero-order valence-electron chi connectivity index (χ0n) is 21.4. The number of carbonyl (C=O) groups excluding carboxylic acids is 2. The molecule has 0 heterocycles. The number of rotatable bonds is 12. The van der Waals surface area contributed by atoms with E-state index in [1.807, 2.05) is 52.0 Å². The summed E-state index contributed by atoms with van der Waals surface area (Å²) < 4.78 is 31.8. The van der Waals surface area contributed by atoms with Gasteiger partial charge in [0.1, 0.15) is 18.3 Å². The van der Waals surface area contributed by atoms with Gasteiger partial charge >= 0.3 is 0 Å². The largest absolute Gasteiger partial charge is 0.495 e. The normalized spacial score (nSPS) is 13.0. The maximum atomic E-state index is 13.7. The summed E-state index contributed by atoms with van der Waals surface area (Å²) in [5.74, 6) is -0.405. The smallest absolute Gasteiger partial charge is 0.244 e. The van der Waals surface area contributed by atoms with E-state index in [9.17, 15) is 18.0 Å². The van der Waals surface area contributed by atoms with Crippen LogP contribution in [0.1, 0.15) is 44.7 Å². The molecule has 0 spiro atoms. The average molecular weight is 504 g/mol. The van der Waals surface area contributed by atoms with Crippen molar-refractivity contribution in [3.63, 3.8) is 0 Å². The van der Waals surface area contributed by atoms with E-state index in [1.54, 1.807) is 24.3 Å². The van der Waals surface area contributed by atoms with Crippen molar-refractivity contribution in [3.05, 3.63) is 59.7 Å². The van der Waals surface area contributed by atoms with E-state index in [1.165, 1.54) is 12.0 Å². The van der Waals surface area contributed by atoms with E-state index < -0.39 is 28.5 Å². The Morgan fingerprint density at radius 1 is 1.06 bits per heavy atom. The van der Waals surface area contributed by atoms with Crippen LogP contribution >= 0.6 is 0 Å². The quantitative estimate of drug-likeness (QED) is 0.478. The van der Waals surface area contributed by atoms with Gasteiger partial charge in [-0.3, -0.25) is 13.9 Å². The molecule has 0 radical (unpaired) electrons. The first-order valence-electron chi connectivity index (χ1n) is 11.8. The van der Waals surface area contributed by atoms with Gasteiger partial charge in [0.15, 0.2) is 0 Å². The molecule has 0 aliphatic carbocycles. The molecule has 0 aliphatic rings. The molecule has 35 heavy (non-hydrogen) atoms. The molecule has 9 heteroatoms. The van der Waals surface area contributed by atoms with Crippen LogP contribution in [-0.4, -0.2) is 57.1 Å². The number of anilines is 1. The number of methoxy groups -OCH3 is 1. The van der Waals surface area contributed by atoms with Crippen molar-refractivity contribution in [2.24, 2.45) is 0 Å². The second-order valence-corrected chi connectivity index (χ2v) is 10.6. The second-order valence-electron chi connectivity index (χ2n) is 8.69. The van der Waals surface area contributed by atoms with Crippen LogP contribution < -0.4 is 14.4 Å². The van der Waals surface area contributed by atoms with Gasteiger partial charge in [-0.15, -0.1) is 0 Å². The topological polar surface area (TPSA) is 96.0 Å². The van der Waals surface area contributed by atoms with Crippen molar-refractivity contribution in [1.82, 2.24) is 10.2 Å². The summed E-state index contributed by atoms with van der Waals surface area (Å²) in [7, 11) is -2.39. The summed E-state index contributed by atoms with van der Waals surface area (Å²) in [6, 6.07) is 13.5. The Bertz CT molecular complexity index is 1120. The number of ether oxygens (including phenoxy) is 1. The Morgan fingerprint density at radius 2 is 1.74 bits per heavy atom. The maximum absolute atomic E-state index is 13.7. The number of amides is 2. The molecule has 192 valence electrons. The van der Waals surface area contributed by atoms with Gasteiger partial charge in [-0.1, -0.05) is 55.8 Å². The second kappa shape index (κ2) is 12.6. The van der Waals surface area contributed by atoms with Crippen molar-refractivity contribution < 1.29 is 22.7 Å². The lowest BCUT2D eigenvalue weighted by atomic mass is 10.1. The van der Waals surface area contributed by atoms with E-state index in [4.69, 9.17) is 4.74 Å². The summed E-state index contributed by atoms with van der Waals surface area (Å²) in [5, 5.41) is 2.96. The van der Waals surface area contributed by atoms with Crippen LogP contribution in [0.5, 0.6) is 5.75 Å². The van der Waals surface area contributed by atoms with Crippen LogP contribution in [0.15, 0.2) is 48.5 Å². The van der Waals surface area contributed by atoms with E-state index in [-0.39, 0.29) is 24.2 Å². The van der Waals surface area contributed by atoms with Gasteiger partial charge in [0, 0.05) is 12.6 Å². The minimum absolute atomic E-state index is 0.0476. The fraction of sp³-hybridized carbons (Fsp3) is 0.462. The minimum atomic E-state index is -3.83. The number of aryl methyl sites for hydroxylation is 1. The molecule has 0 unspecified atom stereocenters. The monoisotopic (exact) mass is 503 g/mol. The molecular formula is C26H37N3O5S. The number of para-hydroxylation sites is 2. The van der Waals surface area contributed by atoms with Crippen molar-refractivity contribution in [1.29, 1.82) is 0 Å². The van der Waals surface area contributed by atoms with E-state index in [0.29, 0.717) is 12.2 Å². The zero-order chi connectivity index (χ0) is 26.2. The molecule has 0 fully saturated rings. The molecule has 1 N–H and O–H groups in total. The number of nitrogens with zero attached hydrogens (tertiary/aromatic N) is 2. The Kier molecular flexibility index (Phi) is 10.1. The first-order chi connectivity index (χ1) is 16.5. The van der Waals surface area contributed by atoms with Gasteiger partial charge in [0.2, 0.25) is 21.8 Å². The van der Waals surface area contributed by atoms with Crippen molar-refractivity contribution in [2.75, 3.05) is 24.2 Å². The highest BCUT2D eigenvalue weighted by Gasteiger charge is 2.32. The third-order valence-electron chi connectivity index (χ3n) is 5.86. The molecule has 0 aromatic heterocycles. The SMILES string of the molecule is CC[C@@H](C)NC(=O)[C@H](CC)N(Cc1cccc(C)c1)C(=O)CN(c1ccccc1OC)S(C)(=O)=O. The van der Waals surface area contributed by atoms with E-state index in [2.05, 4.69) is 5.32 Å². The lowest BCUT2D eigenvalue weighted by molar-refractivity contribution is -0.140. The predicted octanol–water partition coefficient (Wildman–Crippen LogP) is 3.49. The molecule has 2 atom stereocenters. The maximum Gasteiger partial charge on any atom is 0.244 e. The molecule has 0 saturated carbocycles. The van der Waals surface area contributed by atoms with Crippen LogP contribution in [0.25, 0.3) is 0 Å². The molecule has 2 aromatic carbocycles. The molecular weight excluding hydrogens is 466 g/mol. The van der Waals surface area contributed by atoms with E-state index >= 15 is 0 Å². The van der Waals surface area contributed by atoms with Gasteiger partial charge in [0.05, 0.1) is 19.1 Å². The van der Waals surface area contributed by atoms with Gasteiger partial charge < -0.3 is 15.0 Å². The molecule has 8 nitrogen and oxygen atoms in total. The molecule has 0 bridgehead atoms. The lowest BCUT2D eigenvalue weighted by Gasteiger charge is -2.33. The summed E-state index contributed by atoms with van der Waals surface area (Å²) in [4.78, 5) is 28.3. The molecule has 2 amide bonds. The molecule has 0 aliphatic heterocycles. The highest BCUT2D eigenvalue weighted by atomic mass is 32.2. The van der Waals surface area contributed by atoms with Crippen LogP contribution in [0.4, 0.5) is 5.69 Å². The third kappa shape index (κ3) is 7.71. The minimum Gasteiger partial charge on any atom is -0.495 e. The fourth-order valence-corrected chi connectivity index (χ4v) is 4.65. The summed E-state index contributed by atoms with van der Waals surface area (Å²) in [6.07, 6.45) is 2.18. The standard InChI is InChI=1S/C26H37N3O5S/c1-7-20(4)27-26(31)22(8-2)28(17-21-13-11-12-19(3)16-21)25(30)18-29(35(6,32)33)23-14-9-10-15-24(23)34-5/h9-16,20,22H,7-8,17-18H2,1-6H3,(H,27,31)/t20-,22+/m1/s1. The fourth-order valence-electron chi connectivity index (χ4n) is 3.80. The molecule has 2 rings (SSSR count). The predicted molar refractivity (Wildman–Crippen MR) is 139 cm³/mol. The number of sulfonamides is 1. The highest BCUT2D eigenvalue weighted by Crippen LogP contribution is 2.29. The Labute approximate surface area is 209 Å². The molecule has 2 aromatic rings. The number of hydrogen-bond donors (Lipinski definition) is 1. The summed E-state index contributed by atoms with van der Waals surface area (Å²) >= 11 is 0. The molecule has 0 saturated heterocycles. The average Bonchev–Trinajstić information content (AvgIpc) is 2.81. The number of nitrogens with one attached hydrogen (secondary N) is 1. The zero-order valence-corrected chi connectivity index (χ0v) is 22.3. The van der Waals surface area contributed by atoms with Gasteiger partial charge in [-0.25, -0.2) is 8.42 Å². The number of hydrogen-bond acceptors (Lipinski definition) is 5. The van der Waals surface area contributed by atoms with Gasteiger partial charge in [-0.05, 0) is 44.4 Å². The van der Waals surface area contributed by atoms with Crippen molar-refractivity contribution in [2.45, 2.75) is 59.2 Å². The Balaban J connectivity index is 2.48. The first-order valence-corrected chi connectivity index (χ1v) is 13.6.